The van der Waals surface area contributed by atoms with E-state index < -0.39 is 22.5 Å². The molecule has 0 aliphatic carbocycles. The van der Waals surface area contributed by atoms with E-state index in [4.69, 9.17) is 44.3 Å². The van der Waals surface area contributed by atoms with Gasteiger partial charge in [0.15, 0.2) is 5.75 Å². The minimum Gasteiger partial charge on any atom is -0.469 e. The second-order valence-electron chi connectivity index (χ2n) is 5.55. The lowest BCUT2D eigenvalue weighted by Gasteiger charge is -2.11. The number of nitro benzene ring substituents is 1. The smallest absolute Gasteiger partial charge is 0.345 e. The van der Waals surface area contributed by atoms with E-state index in [-0.39, 0.29) is 46.6 Å². The Morgan fingerprint density at radius 1 is 1.10 bits per heavy atom. The summed E-state index contributed by atoms with van der Waals surface area (Å²) < 4.78 is 15.1. The number of nitro groups is 1. The summed E-state index contributed by atoms with van der Waals surface area (Å²) in [5, 5.41) is 11.8. The highest BCUT2D eigenvalue weighted by Crippen LogP contribution is 2.39. The van der Waals surface area contributed by atoms with Gasteiger partial charge < -0.3 is 14.2 Å². The van der Waals surface area contributed by atoms with Gasteiger partial charge in [-0.25, -0.2) is 4.79 Å². The third-order valence-corrected chi connectivity index (χ3v) is 4.33. The van der Waals surface area contributed by atoms with Gasteiger partial charge in [-0.2, -0.15) is 0 Å². The summed E-state index contributed by atoms with van der Waals surface area (Å²) in [6.07, 6.45) is 0.251. The maximum atomic E-state index is 12.3. The molecule has 8 nitrogen and oxygen atoms in total. The number of halogens is 3. The normalized spacial score (nSPS) is 10.3. The Morgan fingerprint density at radius 2 is 1.76 bits per heavy atom. The summed E-state index contributed by atoms with van der Waals surface area (Å²) in [4.78, 5) is 33.9. The topological polar surface area (TPSA) is 105 Å². The van der Waals surface area contributed by atoms with Gasteiger partial charge in [-0.05, 0) is 24.6 Å². The molecule has 0 amide bonds. The van der Waals surface area contributed by atoms with Crippen LogP contribution in [0.2, 0.25) is 15.1 Å². The number of methoxy groups -OCH3 is 1. The predicted octanol–water partition coefficient (Wildman–Crippen LogP) is 5.46. The molecule has 0 fully saturated rings. The zero-order valence-corrected chi connectivity index (χ0v) is 17.2. The summed E-state index contributed by atoms with van der Waals surface area (Å²) in [5.74, 6) is -1.26. The van der Waals surface area contributed by atoms with Crippen molar-refractivity contribution in [2.75, 3.05) is 13.7 Å². The standard InChI is InChI=1S/C18H14Cl3NO7/c1-27-16(23)3-2-6-28-18(24)12-9-11(4-5-15(12)22(25)26)29-17-13(20)7-10(19)8-14(17)21/h4-5,7-9H,2-3,6H2,1H3. The Bertz CT molecular complexity index is 926. The SMILES string of the molecule is COC(=O)CCCOC(=O)c1cc(Oc2c(Cl)cc(Cl)cc2Cl)ccc1[N+](=O)[O-]. The lowest BCUT2D eigenvalue weighted by atomic mass is 10.1. The van der Waals surface area contributed by atoms with Crippen LogP contribution in [0.5, 0.6) is 11.5 Å². The highest BCUT2D eigenvalue weighted by molar-refractivity contribution is 6.40. The minimum absolute atomic E-state index is 0.0442. The van der Waals surface area contributed by atoms with Crippen LogP contribution in [-0.2, 0) is 14.3 Å². The molecule has 29 heavy (non-hydrogen) atoms. The summed E-state index contributed by atoms with van der Waals surface area (Å²) in [5.41, 5.74) is -0.796. The number of esters is 2. The van der Waals surface area contributed by atoms with E-state index in [0.717, 1.165) is 12.1 Å². The fourth-order valence-corrected chi connectivity index (χ4v) is 3.10. The molecule has 0 aromatic heterocycles. The third-order valence-electron chi connectivity index (χ3n) is 3.55. The first-order valence-corrected chi connectivity index (χ1v) is 9.21. The molecule has 0 radical (unpaired) electrons. The molecule has 11 heteroatoms. The summed E-state index contributed by atoms with van der Waals surface area (Å²) in [7, 11) is 1.24. The van der Waals surface area contributed by atoms with Crippen LogP contribution in [0.25, 0.3) is 0 Å². The van der Waals surface area contributed by atoms with E-state index in [1.165, 1.54) is 25.3 Å². The van der Waals surface area contributed by atoms with Crippen molar-refractivity contribution in [1.29, 1.82) is 0 Å². The van der Waals surface area contributed by atoms with E-state index in [2.05, 4.69) is 4.74 Å². The molecule has 0 unspecified atom stereocenters. The van der Waals surface area contributed by atoms with Crippen molar-refractivity contribution in [2.24, 2.45) is 0 Å². The van der Waals surface area contributed by atoms with Crippen LogP contribution in [0, 0.1) is 10.1 Å². The number of ether oxygens (including phenoxy) is 3. The number of benzene rings is 2. The van der Waals surface area contributed by atoms with Crippen molar-refractivity contribution in [3.05, 3.63) is 61.1 Å². The van der Waals surface area contributed by atoms with Gasteiger partial charge in [0.05, 0.1) is 28.7 Å². The first-order chi connectivity index (χ1) is 13.7. The zero-order valence-electron chi connectivity index (χ0n) is 14.9. The Balaban J connectivity index is 2.22. The molecule has 0 atom stereocenters. The molecule has 0 N–H and O–H groups in total. The quantitative estimate of drug-likeness (QED) is 0.222. The van der Waals surface area contributed by atoms with Crippen molar-refractivity contribution in [1.82, 2.24) is 0 Å². The molecule has 154 valence electrons. The largest absolute Gasteiger partial charge is 0.469 e. The minimum atomic E-state index is -0.944. The molecular weight excluding hydrogens is 449 g/mol. The highest BCUT2D eigenvalue weighted by Gasteiger charge is 2.23. The Hall–Kier alpha value is -2.55. The Morgan fingerprint density at radius 3 is 2.34 bits per heavy atom. The van der Waals surface area contributed by atoms with Crippen LogP contribution in [0.15, 0.2) is 30.3 Å². The van der Waals surface area contributed by atoms with Gasteiger partial charge in [0.1, 0.15) is 11.3 Å². The predicted molar refractivity (Wildman–Crippen MR) is 106 cm³/mol. The van der Waals surface area contributed by atoms with E-state index in [0.29, 0.717) is 5.02 Å². The Kier molecular flexibility index (Phi) is 8.07. The lowest BCUT2D eigenvalue weighted by molar-refractivity contribution is -0.385. The number of hydrogen-bond acceptors (Lipinski definition) is 7. The van der Waals surface area contributed by atoms with Gasteiger partial charge in [0.2, 0.25) is 0 Å². The first kappa shape index (κ1) is 22.7. The summed E-state index contributed by atoms with van der Waals surface area (Å²) in [6.45, 7) is -0.120. The molecule has 0 saturated carbocycles. The van der Waals surface area contributed by atoms with Crippen LogP contribution in [-0.4, -0.2) is 30.6 Å². The third kappa shape index (κ3) is 6.22. The monoisotopic (exact) mass is 461 g/mol. The maximum Gasteiger partial charge on any atom is 0.345 e. The number of rotatable bonds is 8. The van der Waals surface area contributed by atoms with Gasteiger partial charge in [-0.15, -0.1) is 0 Å². The van der Waals surface area contributed by atoms with Gasteiger partial charge in [0, 0.05) is 23.6 Å². The fraction of sp³-hybridized carbons (Fsp3) is 0.222. The van der Waals surface area contributed by atoms with Crippen molar-refractivity contribution in [3.8, 4) is 11.5 Å². The fourth-order valence-electron chi connectivity index (χ4n) is 2.21. The van der Waals surface area contributed by atoms with Crippen molar-refractivity contribution >= 4 is 52.4 Å². The second-order valence-corrected chi connectivity index (χ2v) is 6.80. The van der Waals surface area contributed by atoms with E-state index in [1.807, 2.05) is 0 Å². The number of hydrogen-bond donors (Lipinski definition) is 0. The highest BCUT2D eigenvalue weighted by atomic mass is 35.5. The molecule has 0 spiro atoms. The van der Waals surface area contributed by atoms with Gasteiger partial charge in [-0.1, -0.05) is 34.8 Å². The first-order valence-electron chi connectivity index (χ1n) is 8.07. The maximum absolute atomic E-state index is 12.3. The summed E-state index contributed by atoms with van der Waals surface area (Å²) in [6, 6.07) is 6.34. The molecule has 0 aliphatic rings. The molecule has 0 heterocycles. The van der Waals surface area contributed by atoms with Gasteiger partial charge in [-0.3, -0.25) is 14.9 Å². The van der Waals surface area contributed by atoms with Gasteiger partial charge >= 0.3 is 11.9 Å². The molecule has 2 aromatic carbocycles. The molecule has 0 saturated heterocycles. The molecule has 2 aromatic rings. The molecular formula is C18H14Cl3NO7. The van der Waals surface area contributed by atoms with E-state index in [9.17, 15) is 19.7 Å². The molecule has 2 rings (SSSR count). The Labute approximate surface area is 180 Å². The average molecular weight is 463 g/mol. The molecule has 0 bridgehead atoms. The summed E-state index contributed by atoms with van der Waals surface area (Å²) >= 11 is 18.0. The number of carbonyl (C=O) groups excluding carboxylic acids is 2. The lowest BCUT2D eigenvalue weighted by Crippen LogP contribution is -2.11. The van der Waals surface area contributed by atoms with Crippen LogP contribution < -0.4 is 4.74 Å². The van der Waals surface area contributed by atoms with Crippen LogP contribution >= 0.6 is 34.8 Å². The second kappa shape index (κ2) is 10.3. The number of carbonyl (C=O) groups is 2. The van der Waals surface area contributed by atoms with Crippen LogP contribution in [0.3, 0.4) is 0 Å². The zero-order chi connectivity index (χ0) is 21.6. The van der Waals surface area contributed by atoms with E-state index >= 15 is 0 Å². The van der Waals surface area contributed by atoms with Crippen molar-refractivity contribution in [3.63, 3.8) is 0 Å². The van der Waals surface area contributed by atoms with Crippen molar-refractivity contribution < 1.29 is 28.7 Å². The average Bonchev–Trinajstić information content (AvgIpc) is 2.67. The number of nitrogens with zero attached hydrogens (tertiary/aromatic N) is 1. The van der Waals surface area contributed by atoms with Crippen LogP contribution in [0.1, 0.15) is 23.2 Å². The van der Waals surface area contributed by atoms with Crippen molar-refractivity contribution in [2.45, 2.75) is 12.8 Å². The van der Waals surface area contributed by atoms with Gasteiger partial charge in [0.25, 0.3) is 5.69 Å². The molecule has 0 aliphatic heterocycles. The van der Waals surface area contributed by atoms with Crippen LogP contribution in [0.4, 0.5) is 5.69 Å². The van der Waals surface area contributed by atoms with E-state index in [1.54, 1.807) is 0 Å².